The highest BCUT2D eigenvalue weighted by atomic mass is 35.5. The molecule has 0 fully saturated rings. The van der Waals surface area contributed by atoms with Crippen LogP contribution in [0.5, 0.6) is 0 Å². The van der Waals surface area contributed by atoms with Crippen molar-refractivity contribution in [2.75, 3.05) is 18.5 Å². The Hall–Kier alpha value is -1.59. The molecule has 19 heavy (non-hydrogen) atoms. The number of hydrogen-bond acceptors (Lipinski definition) is 5. The largest absolute Gasteiger partial charge is 0.408 e. The molecule has 0 saturated heterocycles. The Kier molecular flexibility index (Phi) is 4.39. The molecule has 0 saturated carbocycles. The first-order chi connectivity index (χ1) is 9.11. The predicted molar refractivity (Wildman–Crippen MR) is 75.3 cm³/mol. The SMILES string of the molecule is CC(c1cccc(Cl)c1)N(C)c1nnc(CCN)o1. The second-order valence-corrected chi connectivity index (χ2v) is 4.80. The minimum absolute atomic E-state index is 0.0878. The minimum atomic E-state index is 0.0878. The fourth-order valence-electron chi connectivity index (χ4n) is 1.77. The highest BCUT2D eigenvalue weighted by molar-refractivity contribution is 6.30. The Morgan fingerprint density at radius 3 is 2.89 bits per heavy atom. The topological polar surface area (TPSA) is 68.2 Å². The van der Waals surface area contributed by atoms with Crippen LogP contribution in [0.3, 0.4) is 0 Å². The third-order valence-corrected chi connectivity index (χ3v) is 3.26. The molecule has 0 bridgehead atoms. The van der Waals surface area contributed by atoms with Gasteiger partial charge in [0.1, 0.15) is 0 Å². The number of halogens is 1. The van der Waals surface area contributed by atoms with Crippen LogP contribution in [0.25, 0.3) is 0 Å². The molecule has 102 valence electrons. The molecule has 2 aromatic rings. The molecule has 0 aliphatic heterocycles. The van der Waals surface area contributed by atoms with Crippen molar-refractivity contribution in [2.24, 2.45) is 5.73 Å². The molecule has 1 aromatic carbocycles. The van der Waals surface area contributed by atoms with E-state index in [0.717, 1.165) is 5.56 Å². The maximum Gasteiger partial charge on any atom is 0.318 e. The average Bonchev–Trinajstić information content (AvgIpc) is 2.86. The molecule has 1 atom stereocenters. The van der Waals surface area contributed by atoms with E-state index in [0.29, 0.717) is 29.9 Å². The van der Waals surface area contributed by atoms with Crippen molar-refractivity contribution in [2.45, 2.75) is 19.4 Å². The summed E-state index contributed by atoms with van der Waals surface area (Å²) >= 11 is 6.00. The van der Waals surface area contributed by atoms with Crippen LogP contribution in [0.4, 0.5) is 6.01 Å². The van der Waals surface area contributed by atoms with Gasteiger partial charge in [0.25, 0.3) is 0 Å². The Labute approximate surface area is 117 Å². The molecule has 0 amide bonds. The first-order valence-electron chi connectivity index (χ1n) is 6.12. The van der Waals surface area contributed by atoms with Gasteiger partial charge in [0.15, 0.2) is 0 Å². The van der Waals surface area contributed by atoms with E-state index in [1.165, 1.54) is 0 Å². The quantitative estimate of drug-likeness (QED) is 0.911. The van der Waals surface area contributed by atoms with Gasteiger partial charge in [-0.1, -0.05) is 28.8 Å². The van der Waals surface area contributed by atoms with E-state index in [2.05, 4.69) is 17.1 Å². The lowest BCUT2D eigenvalue weighted by Crippen LogP contribution is -2.21. The molecule has 1 aromatic heterocycles. The van der Waals surface area contributed by atoms with Gasteiger partial charge in [-0.3, -0.25) is 0 Å². The Balaban J connectivity index is 2.15. The lowest BCUT2D eigenvalue weighted by Gasteiger charge is -2.23. The van der Waals surface area contributed by atoms with Crippen molar-refractivity contribution in [3.63, 3.8) is 0 Å². The third-order valence-electron chi connectivity index (χ3n) is 3.03. The average molecular weight is 281 g/mol. The third kappa shape index (κ3) is 3.24. The van der Waals surface area contributed by atoms with E-state index in [4.69, 9.17) is 21.8 Å². The van der Waals surface area contributed by atoms with Gasteiger partial charge >= 0.3 is 6.01 Å². The van der Waals surface area contributed by atoms with Crippen molar-refractivity contribution < 1.29 is 4.42 Å². The van der Waals surface area contributed by atoms with Crippen molar-refractivity contribution >= 4 is 17.6 Å². The lowest BCUT2D eigenvalue weighted by atomic mass is 10.1. The summed E-state index contributed by atoms with van der Waals surface area (Å²) in [5.41, 5.74) is 6.55. The fourth-order valence-corrected chi connectivity index (χ4v) is 1.97. The zero-order valence-corrected chi connectivity index (χ0v) is 11.8. The second-order valence-electron chi connectivity index (χ2n) is 4.36. The van der Waals surface area contributed by atoms with E-state index in [9.17, 15) is 0 Å². The molecule has 2 N–H and O–H groups in total. The van der Waals surface area contributed by atoms with Crippen LogP contribution < -0.4 is 10.6 Å². The van der Waals surface area contributed by atoms with E-state index in [-0.39, 0.29) is 6.04 Å². The molecule has 0 aliphatic carbocycles. The zero-order chi connectivity index (χ0) is 13.8. The second kappa shape index (κ2) is 6.04. The van der Waals surface area contributed by atoms with Gasteiger partial charge in [-0.05, 0) is 24.6 Å². The molecular formula is C13H17ClN4O. The predicted octanol–water partition coefficient (Wildman–Crippen LogP) is 2.42. The molecular weight excluding hydrogens is 264 g/mol. The monoisotopic (exact) mass is 280 g/mol. The Morgan fingerprint density at radius 2 is 2.21 bits per heavy atom. The van der Waals surface area contributed by atoms with Crippen LogP contribution in [0, 0.1) is 0 Å². The number of hydrogen-bond donors (Lipinski definition) is 1. The van der Waals surface area contributed by atoms with Crippen LogP contribution in [0.15, 0.2) is 28.7 Å². The van der Waals surface area contributed by atoms with Gasteiger partial charge in [0, 0.05) is 25.0 Å². The Bertz CT molecular complexity index is 543. The number of anilines is 1. The summed E-state index contributed by atoms with van der Waals surface area (Å²) in [5, 5.41) is 8.70. The minimum Gasteiger partial charge on any atom is -0.408 e. The number of rotatable bonds is 5. The van der Waals surface area contributed by atoms with Crippen molar-refractivity contribution in [1.29, 1.82) is 0 Å². The first kappa shape index (κ1) is 13.8. The van der Waals surface area contributed by atoms with Gasteiger partial charge in [0.05, 0.1) is 6.04 Å². The van der Waals surface area contributed by atoms with Gasteiger partial charge in [0.2, 0.25) is 5.89 Å². The summed E-state index contributed by atoms with van der Waals surface area (Å²) in [6, 6.07) is 8.30. The molecule has 2 rings (SSSR count). The van der Waals surface area contributed by atoms with Crippen LogP contribution in [-0.2, 0) is 6.42 Å². The first-order valence-corrected chi connectivity index (χ1v) is 6.50. The summed E-state index contributed by atoms with van der Waals surface area (Å²) in [6.45, 7) is 2.55. The molecule has 0 aliphatic rings. The summed E-state index contributed by atoms with van der Waals surface area (Å²) in [5.74, 6) is 0.558. The van der Waals surface area contributed by atoms with E-state index in [1.54, 1.807) is 0 Å². The molecule has 0 radical (unpaired) electrons. The van der Waals surface area contributed by atoms with Crippen LogP contribution in [-0.4, -0.2) is 23.8 Å². The molecule has 0 spiro atoms. The van der Waals surface area contributed by atoms with Crippen LogP contribution in [0.1, 0.15) is 24.4 Å². The standard InChI is InChI=1S/C13H17ClN4O/c1-9(10-4-3-5-11(14)8-10)18(2)13-17-16-12(19-13)6-7-15/h3-5,8-9H,6-7,15H2,1-2H3. The molecule has 5 nitrogen and oxygen atoms in total. The number of nitrogens with two attached hydrogens (primary N) is 1. The molecule has 1 heterocycles. The zero-order valence-electron chi connectivity index (χ0n) is 11.0. The van der Waals surface area contributed by atoms with Crippen molar-refractivity contribution in [3.05, 3.63) is 40.7 Å². The summed E-state index contributed by atoms with van der Waals surface area (Å²) in [6.07, 6.45) is 0.590. The smallest absolute Gasteiger partial charge is 0.318 e. The van der Waals surface area contributed by atoms with E-state index < -0.39 is 0 Å². The van der Waals surface area contributed by atoms with Crippen LogP contribution >= 0.6 is 11.6 Å². The number of benzene rings is 1. The van der Waals surface area contributed by atoms with Gasteiger partial charge in [-0.2, -0.15) is 0 Å². The van der Waals surface area contributed by atoms with Crippen molar-refractivity contribution in [3.8, 4) is 0 Å². The Morgan fingerprint density at radius 1 is 1.42 bits per heavy atom. The summed E-state index contributed by atoms with van der Waals surface area (Å²) < 4.78 is 5.55. The van der Waals surface area contributed by atoms with Gasteiger partial charge in [-0.15, -0.1) is 5.10 Å². The maximum atomic E-state index is 6.00. The van der Waals surface area contributed by atoms with Crippen molar-refractivity contribution in [1.82, 2.24) is 10.2 Å². The fraction of sp³-hybridized carbons (Fsp3) is 0.385. The van der Waals surface area contributed by atoms with Crippen LogP contribution in [0.2, 0.25) is 5.02 Å². The highest BCUT2D eigenvalue weighted by Crippen LogP contribution is 2.25. The number of aromatic nitrogens is 2. The summed E-state index contributed by atoms with van der Waals surface area (Å²) in [7, 11) is 1.91. The maximum absolute atomic E-state index is 6.00. The van der Waals surface area contributed by atoms with E-state index in [1.807, 2.05) is 36.2 Å². The number of nitrogens with zero attached hydrogens (tertiary/aromatic N) is 3. The van der Waals surface area contributed by atoms with Gasteiger partial charge < -0.3 is 15.1 Å². The highest BCUT2D eigenvalue weighted by Gasteiger charge is 2.17. The molecule has 6 heteroatoms. The van der Waals surface area contributed by atoms with Gasteiger partial charge in [-0.25, -0.2) is 0 Å². The van der Waals surface area contributed by atoms with E-state index >= 15 is 0 Å². The summed E-state index contributed by atoms with van der Waals surface area (Å²) in [4.78, 5) is 1.92. The normalized spacial score (nSPS) is 12.4. The lowest BCUT2D eigenvalue weighted by molar-refractivity contribution is 0.479. The molecule has 1 unspecified atom stereocenters.